The Balaban J connectivity index is 1.63. The van der Waals surface area contributed by atoms with E-state index in [-0.39, 0.29) is 24.2 Å². The maximum absolute atomic E-state index is 11.9. The molecule has 0 spiro atoms. The number of carbonyl (C=O) groups is 1. The number of hydrogen-bond acceptors (Lipinski definition) is 3. The number of ketones is 1. The van der Waals surface area contributed by atoms with Gasteiger partial charge < -0.3 is 9.31 Å². The first-order chi connectivity index (χ1) is 7.82. The van der Waals surface area contributed by atoms with Crippen LogP contribution in [0.4, 0.5) is 0 Å². The molecule has 0 aromatic rings. The van der Waals surface area contributed by atoms with E-state index in [0.29, 0.717) is 17.5 Å². The Morgan fingerprint density at radius 3 is 2.12 bits per heavy atom. The molecule has 0 unspecified atom stereocenters. The minimum absolute atomic E-state index is 0.173. The third kappa shape index (κ3) is 1.86. The van der Waals surface area contributed by atoms with Crippen molar-refractivity contribution in [2.24, 2.45) is 11.8 Å². The van der Waals surface area contributed by atoms with Gasteiger partial charge in [0.1, 0.15) is 5.78 Å². The van der Waals surface area contributed by atoms with Gasteiger partial charge in [-0.3, -0.25) is 4.79 Å². The largest absolute Gasteiger partial charge is 0.461 e. The van der Waals surface area contributed by atoms with E-state index in [1.807, 2.05) is 0 Å². The number of hydrogen-bond donors (Lipinski definition) is 0. The summed E-state index contributed by atoms with van der Waals surface area (Å²) >= 11 is 0. The van der Waals surface area contributed by atoms with Crippen LogP contribution in [0.15, 0.2) is 0 Å². The minimum Gasteiger partial charge on any atom is -0.403 e. The van der Waals surface area contributed by atoms with Crippen molar-refractivity contribution in [3.63, 3.8) is 0 Å². The summed E-state index contributed by atoms with van der Waals surface area (Å²) in [6, 6.07) is 0. The third-order valence-corrected chi connectivity index (χ3v) is 4.81. The molecule has 2 aliphatic carbocycles. The molecular formula is C13H21BO3. The van der Waals surface area contributed by atoms with Crippen molar-refractivity contribution < 1.29 is 14.1 Å². The molecule has 94 valence electrons. The van der Waals surface area contributed by atoms with Crippen molar-refractivity contribution in [2.45, 2.75) is 64.0 Å². The average Bonchev–Trinajstić information content (AvgIpc) is 3.09. The molecule has 17 heavy (non-hydrogen) atoms. The molecule has 3 aliphatic rings. The quantitative estimate of drug-likeness (QED) is 0.706. The Labute approximate surface area is 103 Å². The highest BCUT2D eigenvalue weighted by atomic mass is 16.7. The predicted molar refractivity (Wildman–Crippen MR) is 65.7 cm³/mol. The van der Waals surface area contributed by atoms with Gasteiger partial charge in [-0.15, -0.1) is 0 Å². The second kappa shape index (κ2) is 3.36. The van der Waals surface area contributed by atoms with Crippen molar-refractivity contribution in [2.75, 3.05) is 0 Å². The Morgan fingerprint density at radius 2 is 1.65 bits per heavy atom. The molecule has 1 heterocycles. The molecule has 2 saturated carbocycles. The van der Waals surface area contributed by atoms with Crippen LogP contribution < -0.4 is 0 Å². The summed E-state index contributed by atoms with van der Waals surface area (Å²) in [7, 11) is -0.173. The van der Waals surface area contributed by atoms with Crippen LogP contribution in [0.25, 0.3) is 0 Å². The van der Waals surface area contributed by atoms with Gasteiger partial charge in [0.15, 0.2) is 0 Å². The monoisotopic (exact) mass is 236 g/mol. The summed E-state index contributed by atoms with van der Waals surface area (Å²) in [4.78, 5) is 11.9. The van der Waals surface area contributed by atoms with Crippen molar-refractivity contribution in [1.82, 2.24) is 0 Å². The van der Waals surface area contributed by atoms with Gasteiger partial charge in [0.25, 0.3) is 0 Å². The van der Waals surface area contributed by atoms with E-state index in [0.717, 1.165) is 19.3 Å². The van der Waals surface area contributed by atoms with Crippen LogP contribution in [0.3, 0.4) is 0 Å². The van der Waals surface area contributed by atoms with E-state index in [1.54, 1.807) is 0 Å². The highest BCUT2D eigenvalue weighted by Gasteiger charge is 2.62. The molecule has 0 N–H and O–H groups in total. The molecule has 4 heteroatoms. The second-order valence-corrected chi connectivity index (χ2v) is 6.81. The minimum atomic E-state index is -0.270. The molecule has 3 nitrogen and oxygen atoms in total. The summed E-state index contributed by atoms with van der Waals surface area (Å²) in [6.45, 7) is 8.25. The van der Waals surface area contributed by atoms with Crippen LogP contribution in [0.5, 0.6) is 0 Å². The first-order valence-corrected chi connectivity index (χ1v) is 6.71. The van der Waals surface area contributed by atoms with E-state index < -0.39 is 0 Å². The molecule has 1 saturated heterocycles. The topological polar surface area (TPSA) is 35.5 Å². The van der Waals surface area contributed by atoms with Crippen LogP contribution in [0.1, 0.15) is 47.0 Å². The molecule has 0 aromatic heterocycles. The molecule has 1 aliphatic heterocycles. The van der Waals surface area contributed by atoms with E-state index in [4.69, 9.17) is 9.31 Å². The maximum atomic E-state index is 11.9. The molecule has 2 atom stereocenters. The van der Waals surface area contributed by atoms with Gasteiger partial charge in [0.05, 0.1) is 11.2 Å². The van der Waals surface area contributed by atoms with Gasteiger partial charge in [0, 0.05) is 17.7 Å². The zero-order valence-corrected chi connectivity index (χ0v) is 11.2. The molecule has 3 rings (SSSR count). The lowest BCUT2D eigenvalue weighted by atomic mass is 9.80. The summed E-state index contributed by atoms with van der Waals surface area (Å²) in [5.74, 6) is 1.36. The van der Waals surface area contributed by atoms with Crippen LogP contribution in [-0.2, 0) is 14.1 Å². The number of rotatable bonds is 3. The smallest absolute Gasteiger partial charge is 0.403 e. The fraction of sp³-hybridized carbons (Fsp3) is 0.923. The fourth-order valence-electron chi connectivity index (χ4n) is 2.58. The van der Waals surface area contributed by atoms with Crippen LogP contribution in [-0.4, -0.2) is 24.1 Å². The van der Waals surface area contributed by atoms with Gasteiger partial charge in [-0.1, -0.05) is 0 Å². The second-order valence-electron chi connectivity index (χ2n) is 6.81. The molecule has 0 radical (unpaired) electrons. The Hall–Kier alpha value is -0.345. The van der Waals surface area contributed by atoms with Gasteiger partial charge in [-0.05, 0) is 47.0 Å². The van der Waals surface area contributed by atoms with Gasteiger partial charge in [0.2, 0.25) is 0 Å². The van der Waals surface area contributed by atoms with Crippen LogP contribution in [0, 0.1) is 11.8 Å². The van der Waals surface area contributed by atoms with E-state index >= 15 is 0 Å². The molecule has 0 bridgehead atoms. The van der Waals surface area contributed by atoms with Gasteiger partial charge in [-0.2, -0.15) is 0 Å². The molecular weight excluding hydrogens is 215 g/mol. The van der Waals surface area contributed by atoms with Crippen LogP contribution in [0.2, 0.25) is 5.82 Å². The number of carbonyl (C=O) groups excluding carboxylic acids is 1. The molecule has 0 amide bonds. The fourth-order valence-corrected chi connectivity index (χ4v) is 2.58. The first kappa shape index (κ1) is 11.7. The lowest BCUT2D eigenvalue weighted by molar-refractivity contribution is -0.121. The van der Waals surface area contributed by atoms with Crippen LogP contribution >= 0.6 is 0 Å². The highest BCUT2D eigenvalue weighted by Crippen LogP contribution is 2.55. The standard InChI is InChI=1S/C13H21BO3/c1-12(2)13(3,4)17-14(16-12)10-7-9(10)11(15)8-5-6-8/h8-10H,5-7H2,1-4H3/t9-,10-/m0/s1. The molecule has 0 aromatic carbocycles. The van der Waals surface area contributed by atoms with E-state index in [9.17, 15) is 4.79 Å². The normalized spacial score (nSPS) is 38.2. The zero-order valence-electron chi connectivity index (χ0n) is 11.2. The molecule has 3 fully saturated rings. The third-order valence-electron chi connectivity index (χ3n) is 4.81. The zero-order chi connectivity index (χ0) is 12.4. The average molecular weight is 236 g/mol. The van der Waals surface area contributed by atoms with Crippen molar-refractivity contribution in [1.29, 1.82) is 0 Å². The summed E-state index contributed by atoms with van der Waals surface area (Å²) in [6.07, 6.45) is 3.17. The van der Waals surface area contributed by atoms with Gasteiger partial charge in [-0.25, -0.2) is 0 Å². The first-order valence-electron chi connectivity index (χ1n) is 6.71. The summed E-state index contributed by atoms with van der Waals surface area (Å²) in [5.41, 5.74) is -0.541. The highest BCUT2D eigenvalue weighted by molar-refractivity contribution is 6.49. The Morgan fingerprint density at radius 1 is 1.12 bits per heavy atom. The lowest BCUT2D eigenvalue weighted by Crippen LogP contribution is -2.41. The van der Waals surface area contributed by atoms with Gasteiger partial charge >= 0.3 is 7.12 Å². The number of Topliss-reactive ketones (excluding diaryl/α,β-unsaturated/α-hetero) is 1. The van der Waals surface area contributed by atoms with Crippen molar-refractivity contribution >= 4 is 12.9 Å². The summed E-state index contributed by atoms with van der Waals surface area (Å²) < 4.78 is 12.0. The lowest BCUT2D eigenvalue weighted by Gasteiger charge is -2.32. The maximum Gasteiger partial charge on any atom is 0.461 e. The van der Waals surface area contributed by atoms with E-state index in [2.05, 4.69) is 27.7 Å². The van der Waals surface area contributed by atoms with Crippen molar-refractivity contribution in [3.8, 4) is 0 Å². The van der Waals surface area contributed by atoms with E-state index in [1.165, 1.54) is 0 Å². The van der Waals surface area contributed by atoms with Crippen molar-refractivity contribution in [3.05, 3.63) is 0 Å². The SMILES string of the molecule is CC1(C)OB([C@H]2C[C@@H]2C(=O)C2CC2)OC1(C)C. The Bertz CT molecular complexity index is 344. The Kier molecular flexibility index (Phi) is 2.31. The predicted octanol–water partition coefficient (Wildman–Crippen LogP) is 2.45. The summed E-state index contributed by atoms with van der Waals surface area (Å²) in [5, 5.41) is 0.